The second kappa shape index (κ2) is 8.23. The van der Waals surface area contributed by atoms with E-state index >= 15 is 0 Å². The van der Waals surface area contributed by atoms with Crippen molar-refractivity contribution in [2.45, 2.75) is 26.7 Å². The Kier molecular flexibility index (Phi) is 5.50. The normalized spacial score (nSPS) is 16.1. The number of aryl methyl sites for hydroxylation is 1. The maximum Gasteiger partial charge on any atom is 0.231 e. The zero-order valence-electron chi connectivity index (χ0n) is 16.8. The topological polar surface area (TPSA) is 91.4 Å². The molecule has 0 aliphatic carbocycles. The van der Waals surface area contributed by atoms with Gasteiger partial charge in [0, 0.05) is 31.3 Å². The van der Waals surface area contributed by atoms with E-state index < -0.39 is 5.92 Å². The SMILES string of the molecule is CCc1ccc(N2C[C@@H](C(=O)Nc3nc4ccc(NC(C)=O)cc4s3)CC2=O)cc1. The van der Waals surface area contributed by atoms with Crippen molar-refractivity contribution in [1.82, 2.24) is 4.98 Å². The first-order chi connectivity index (χ1) is 14.4. The minimum absolute atomic E-state index is 0.0522. The third-order valence-corrected chi connectivity index (χ3v) is 6.02. The number of hydrogen-bond donors (Lipinski definition) is 2. The lowest BCUT2D eigenvalue weighted by Gasteiger charge is -2.17. The highest BCUT2D eigenvalue weighted by Crippen LogP contribution is 2.30. The van der Waals surface area contributed by atoms with Crippen LogP contribution >= 0.6 is 11.3 Å². The number of anilines is 3. The summed E-state index contributed by atoms with van der Waals surface area (Å²) in [5.74, 6) is -0.835. The molecule has 2 aromatic carbocycles. The average molecular weight is 423 g/mol. The van der Waals surface area contributed by atoms with E-state index in [2.05, 4.69) is 22.5 Å². The summed E-state index contributed by atoms with van der Waals surface area (Å²) >= 11 is 1.33. The summed E-state index contributed by atoms with van der Waals surface area (Å²) in [7, 11) is 0. The van der Waals surface area contributed by atoms with Gasteiger partial charge in [0.25, 0.3) is 0 Å². The number of rotatable bonds is 5. The quantitative estimate of drug-likeness (QED) is 0.654. The van der Waals surface area contributed by atoms with Crippen molar-refractivity contribution in [3.63, 3.8) is 0 Å². The first-order valence-corrected chi connectivity index (χ1v) is 10.6. The van der Waals surface area contributed by atoms with Crippen LogP contribution in [0.5, 0.6) is 0 Å². The molecule has 0 radical (unpaired) electrons. The van der Waals surface area contributed by atoms with Gasteiger partial charge in [-0.1, -0.05) is 30.4 Å². The van der Waals surface area contributed by atoms with Crippen molar-refractivity contribution in [3.05, 3.63) is 48.0 Å². The van der Waals surface area contributed by atoms with Gasteiger partial charge in [-0.2, -0.15) is 0 Å². The molecule has 30 heavy (non-hydrogen) atoms. The molecule has 8 heteroatoms. The van der Waals surface area contributed by atoms with Crippen LogP contribution in [0.4, 0.5) is 16.5 Å². The number of benzene rings is 2. The minimum atomic E-state index is -0.426. The van der Waals surface area contributed by atoms with E-state index in [1.54, 1.807) is 17.0 Å². The maximum absolute atomic E-state index is 12.7. The number of amides is 3. The van der Waals surface area contributed by atoms with E-state index in [1.807, 2.05) is 30.3 Å². The largest absolute Gasteiger partial charge is 0.326 e. The highest BCUT2D eigenvalue weighted by atomic mass is 32.1. The minimum Gasteiger partial charge on any atom is -0.326 e. The van der Waals surface area contributed by atoms with Gasteiger partial charge in [0.1, 0.15) is 0 Å². The molecule has 1 saturated heterocycles. The van der Waals surface area contributed by atoms with E-state index in [0.717, 1.165) is 22.3 Å². The van der Waals surface area contributed by atoms with Gasteiger partial charge in [-0.05, 0) is 42.3 Å². The molecule has 1 aliphatic heterocycles. The molecule has 2 N–H and O–H groups in total. The fraction of sp³-hybridized carbons (Fsp3) is 0.273. The first-order valence-electron chi connectivity index (χ1n) is 9.81. The molecule has 3 amide bonds. The Morgan fingerprint density at radius 3 is 2.63 bits per heavy atom. The van der Waals surface area contributed by atoms with Gasteiger partial charge in [-0.25, -0.2) is 4.98 Å². The van der Waals surface area contributed by atoms with Crippen molar-refractivity contribution in [3.8, 4) is 0 Å². The lowest BCUT2D eigenvalue weighted by atomic mass is 10.1. The van der Waals surface area contributed by atoms with Crippen LogP contribution in [0.1, 0.15) is 25.8 Å². The first kappa shape index (κ1) is 20.0. The molecule has 0 saturated carbocycles. The molecule has 4 rings (SSSR count). The molecule has 1 fully saturated rings. The van der Waals surface area contributed by atoms with Crippen LogP contribution in [-0.2, 0) is 20.8 Å². The van der Waals surface area contributed by atoms with E-state index in [1.165, 1.54) is 23.8 Å². The number of carbonyl (C=O) groups excluding carboxylic acids is 3. The molecular formula is C22H22N4O3S. The highest BCUT2D eigenvalue weighted by molar-refractivity contribution is 7.22. The van der Waals surface area contributed by atoms with Crippen molar-refractivity contribution in [1.29, 1.82) is 0 Å². The Balaban J connectivity index is 1.44. The standard InChI is InChI=1S/C22H22N4O3S/c1-3-14-4-7-17(8-5-14)26-12-15(10-20(26)28)21(29)25-22-24-18-9-6-16(23-13(2)27)11-19(18)30-22/h4-9,11,15H,3,10,12H2,1-2H3,(H,23,27)(H,24,25,29)/t15-/m0/s1. The fourth-order valence-corrected chi connectivity index (χ4v) is 4.42. The number of thiazole rings is 1. The van der Waals surface area contributed by atoms with E-state index in [9.17, 15) is 14.4 Å². The van der Waals surface area contributed by atoms with E-state index in [-0.39, 0.29) is 24.1 Å². The van der Waals surface area contributed by atoms with Crippen LogP contribution in [0, 0.1) is 5.92 Å². The van der Waals surface area contributed by atoms with Crippen molar-refractivity contribution in [2.24, 2.45) is 5.92 Å². The Labute approximate surface area is 178 Å². The molecule has 154 valence electrons. The van der Waals surface area contributed by atoms with Gasteiger partial charge in [0.2, 0.25) is 17.7 Å². The predicted octanol–water partition coefficient (Wildman–Crippen LogP) is 3.81. The molecule has 0 spiro atoms. The van der Waals surface area contributed by atoms with Crippen LogP contribution in [0.3, 0.4) is 0 Å². The molecule has 1 aliphatic rings. The van der Waals surface area contributed by atoms with Gasteiger partial charge < -0.3 is 15.5 Å². The third kappa shape index (κ3) is 4.18. The molecule has 3 aromatic rings. The summed E-state index contributed by atoms with van der Waals surface area (Å²) in [6.07, 6.45) is 1.12. The van der Waals surface area contributed by atoms with Crippen molar-refractivity contribution >= 4 is 55.8 Å². The van der Waals surface area contributed by atoms with Crippen LogP contribution in [-0.4, -0.2) is 29.3 Å². The van der Waals surface area contributed by atoms with E-state index in [4.69, 9.17) is 0 Å². The summed E-state index contributed by atoms with van der Waals surface area (Å²) in [6, 6.07) is 13.3. The summed E-state index contributed by atoms with van der Waals surface area (Å²) in [6.45, 7) is 3.89. The predicted molar refractivity (Wildman–Crippen MR) is 119 cm³/mol. The molecule has 0 bridgehead atoms. The lowest BCUT2D eigenvalue weighted by molar-refractivity contribution is -0.122. The smallest absolute Gasteiger partial charge is 0.231 e. The van der Waals surface area contributed by atoms with E-state index in [0.29, 0.717) is 17.4 Å². The van der Waals surface area contributed by atoms with Gasteiger partial charge in [-0.3, -0.25) is 14.4 Å². The fourth-order valence-electron chi connectivity index (χ4n) is 3.51. The van der Waals surface area contributed by atoms with Crippen LogP contribution in [0.15, 0.2) is 42.5 Å². The third-order valence-electron chi connectivity index (χ3n) is 5.09. The second-order valence-corrected chi connectivity index (χ2v) is 8.33. The molecule has 1 atom stereocenters. The van der Waals surface area contributed by atoms with Gasteiger partial charge >= 0.3 is 0 Å². The summed E-state index contributed by atoms with van der Waals surface area (Å²) in [5, 5.41) is 6.06. The molecule has 2 heterocycles. The average Bonchev–Trinajstić information content (AvgIpc) is 3.30. The summed E-state index contributed by atoms with van der Waals surface area (Å²) in [5.41, 5.74) is 3.45. The molecule has 1 aromatic heterocycles. The van der Waals surface area contributed by atoms with Gasteiger partial charge in [0.05, 0.1) is 16.1 Å². The zero-order valence-corrected chi connectivity index (χ0v) is 17.6. The van der Waals surface area contributed by atoms with Crippen LogP contribution in [0.2, 0.25) is 0 Å². The molecular weight excluding hydrogens is 400 g/mol. The maximum atomic E-state index is 12.7. The summed E-state index contributed by atoms with van der Waals surface area (Å²) < 4.78 is 0.858. The zero-order chi connectivity index (χ0) is 21.3. The Morgan fingerprint density at radius 2 is 1.93 bits per heavy atom. The van der Waals surface area contributed by atoms with Crippen LogP contribution < -0.4 is 15.5 Å². The number of nitrogens with one attached hydrogen (secondary N) is 2. The second-order valence-electron chi connectivity index (χ2n) is 7.30. The lowest BCUT2D eigenvalue weighted by Crippen LogP contribution is -2.28. The van der Waals surface area contributed by atoms with Crippen molar-refractivity contribution < 1.29 is 14.4 Å². The Hall–Kier alpha value is -3.26. The van der Waals surface area contributed by atoms with Crippen LogP contribution in [0.25, 0.3) is 10.2 Å². The van der Waals surface area contributed by atoms with Crippen molar-refractivity contribution in [2.75, 3.05) is 22.1 Å². The number of fused-ring (bicyclic) bond motifs is 1. The Bertz CT molecular complexity index is 1120. The number of nitrogens with zero attached hydrogens (tertiary/aromatic N) is 2. The summed E-state index contributed by atoms with van der Waals surface area (Å²) in [4.78, 5) is 42.5. The molecule has 0 unspecified atom stereocenters. The Morgan fingerprint density at radius 1 is 1.17 bits per heavy atom. The highest BCUT2D eigenvalue weighted by Gasteiger charge is 2.35. The number of aromatic nitrogens is 1. The number of hydrogen-bond acceptors (Lipinski definition) is 5. The molecule has 7 nitrogen and oxygen atoms in total. The number of carbonyl (C=O) groups is 3. The van der Waals surface area contributed by atoms with Gasteiger partial charge in [0.15, 0.2) is 5.13 Å². The monoisotopic (exact) mass is 422 g/mol. The van der Waals surface area contributed by atoms with Gasteiger partial charge in [-0.15, -0.1) is 0 Å².